The normalized spacial score (nSPS) is 10.4. The third kappa shape index (κ3) is 2.98. The molecule has 0 aliphatic carbocycles. The molecule has 18 heavy (non-hydrogen) atoms. The van der Waals surface area contributed by atoms with Gasteiger partial charge < -0.3 is 5.32 Å². The Hall–Kier alpha value is -1.17. The smallest absolute Gasteiger partial charge is 0.254 e. The van der Waals surface area contributed by atoms with E-state index in [2.05, 4.69) is 15.3 Å². The van der Waals surface area contributed by atoms with Crippen LogP contribution in [-0.4, -0.2) is 15.9 Å². The van der Waals surface area contributed by atoms with E-state index in [0.29, 0.717) is 12.1 Å². The zero-order valence-electron chi connectivity index (χ0n) is 9.41. The van der Waals surface area contributed by atoms with Crippen LogP contribution in [-0.2, 0) is 6.54 Å². The van der Waals surface area contributed by atoms with Crippen LogP contribution in [0.25, 0.3) is 0 Å². The Morgan fingerprint density at radius 1 is 1.44 bits per heavy atom. The second kappa shape index (κ2) is 5.65. The molecule has 94 valence electrons. The first-order chi connectivity index (χ1) is 8.58. The van der Waals surface area contributed by atoms with Gasteiger partial charge in [0.1, 0.15) is 10.3 Å². The number of hydrogen-bond donors (Lipinski definition) is 1. The van der Waals surface area contributed by atoms with Crippen molar-refractivity contribution in [2.24, 2.45) is 0 Å². The van der Waals surface area contributed by atoms with Crippen molar-refractivity contribution in [2.75, 3.05) is 0 Å². The molecule has 0 aromatic carbocycles. The molecule has 2 aromatic heterocycles. The predicted octanol–water partition coefficient (Wildman–Crippen LogP) is 3.08. The summed E-state index contributed by atoms with van der Waals surface area (Å²) in [5.74, 6) is -0.281. The Balaban J connectivity index is 2.06. The van der Waals surface area contributed by atoms with Crippen LogP contribution in [0.1, 0.15) is 20.9 Å². The van der Waals surface area contributed by atoms with Crippen molar-refractivity contribution in [3.8, 4) is 0 Å². The molecule has 0 atom stereocenters. The van der Waals surface area contributed by atoms with Gasteiger partial charge in [0.2, 0.25) is 0 Å². The highest BCUT2D eigenvalue weighted by Crippen LogP contribution is 2.17. The van der Waals surface area contributed by atoms with Gasteiger partial charge in [0.05, 0.1) is 23.3 Å². The number of nitrogens with one attached hydrogen (secondary N) is 1. The summed E-state index contributed by atoms with van der Waals surface area (Å²) in [7, 11) is 0. The molecule has 0 saturated carbocycles. The summed E-state index contributed by atoms with van der Waals surface area (Å²) in [4.78, 5) is 20.8. The van der Waals surface area contributed by atoms with Crippen LogP contribution in [0, 0.1) is 6.92 Å². The van der Waals surface area contributed by atoms with Gasteiger partial charge in [0.15, 0.2) is 0 Å². The Bertz CT molecular complexity index is 585. The topological polar surface area (TPSA) is 54.9 Å². The lowest BCUT2D eigenvalue weighted by Gasteiger charge is -2.05. The zero-order chi connectivity index (χ0) is 13.1. The van der Waals surface area contributed by atoms with Crippen LogP contribution in [0.4, 0.5) is 0 Å². The summed E-state index contributed by atoms with van der Waals surface area (Å²) in [6.07, 6.45) is 0. The second-order valence-corrected chi connectivity index (χ2v) is 5.20. The Labute approximate surface area is 118 Å². The number of rotatable bonds is 3. The summed E-state index contributed by atoms with van der Waals surface area (Å²) < 4.78 is 0. The van der Waals surface area contributed by atoms with Crippen LogP contribution in [0.3, 0.4) is 0 Å². The lowest BCUT2D eigenvalue weighted by atomic mass is 10.2. The van der Waals surface area contributed by atoms with Crippen molar-refractivity contribution in [3.05, 3.63) is 44.1 Å². The van der Waals surface area contributed by atoms with E-state index >= 15 is 0 Å². The molecule has 1 amide bonds. The minimum Gasteiger partial charge on any atom is -0.347 e. The number of halogens is 2. The maximum Gasteiger partial charge on any atom is 0.254 e. The van der Waals surface area contributed by atoms with Gasteiger partial charge in [-0.05, 0) is 19.1 Å². The standard InChI is InChI=1S/C11H9Cl2N3OS/c1-6-8(18-5-15-6)4-14-11(17)7-2-3-9(12)16-10(7)13/h2-3,5H,4H2,1H3,(H,14,17). The minimum absolute atomic E-state index is 0.0982. The van der Waals surface area contributed by atoms with E-state index in [1.165, 1.54) is 17.4 Å². The molecule has 0 saturated heterocycles. The fourth-order valence-electron chi connectivity index (χ4n) is 1.33. The molecule has 2 heterocycles. The van der Waals surface area contributed by atoms with E-state index in [1.54, 1.807) is 11.6 Å². The van der Waals surface area contributed by atoms with Crippen molar-refractivity contribution in [3.63, 3.8) is 0 Å². The number of carbonyl (C=O) groups is 1. The fourth-order valence-corrected chi connectivity index (χ4v) is 2.48. The molecular weight excluding hydrogens is 293 g/mol. The average Bonchev–Trinajstić information content (AvgIpc) is 2.72. The molecule has 7 heteroatoms. The number of thiazole rings is 1. The zero-order valence-corrected chi connectivity index (χ0v) is 11.7. The molecule has 0 aliphatic rings. The van der Waals surface area contributed by atoms with Gasteiger partial charge in [-0.3, -0.25) is 4.79 Å². The highest BCUT2D eigenvalue weighted by molar-refractivity contribution is 7.09. The second-order valence-electron chi connectivity index (χ2n) is 3.52. The highest BCUT2D eigenvalue weighted by Gasteiger charge is 2.12. The van der Waals surface area contributed by atoms with Crippen LogP contribution < -0.4 is 5.32 Å². The van der Waals surface area contributed by atoms with Crippen molar-refractivity contribution in [1.82, 2.24) is 15.3 Å². The largest absolute Gasteiger partial charge is 0.347 e. The number of carbonyl (C=O) groups excluding carboxylic acids is 1. The molecule has 4 nitrogen and oxygen atoms in total. The number of aryl methyl sites for hydroxylation is 1. The van der Waals surface area contributed by atoms with E-state index in [0.717, 1.165) is 10.6 Å². The number of nitrogens with zero attached hydrogens (tertiary/aromatic N) is 2. The molecule has 2 rings (SSSR count). The average molecular weight is 302 g/mol. The van der Waals surface area contributed by atoms with E-state index < -0.39 is 0 Å². The van der Waals surface area contributed by atoms with Gasteiger partial charge in [-0.1, -0.05) is 23.2 Å². The number of pyridine rings is 1. The van der Waals surface area contributed by atoms with Crippen molar-refractivity contribution >= 4 is 40.4 Å². The number of amides is 1. The van der Waals surface area contributed by atoms with Gasteiger partial charge >= 0.3 is 0 Å². The first-order valence-electron chi connectivity index (χ1n) is 5.07. The number of aromatic nitrogens is 2. The fraction of sp³-hybridized carbons (Fsp3) is 0.182. The lowest BCUT2D eigenvalue weighted by molar-refractivity contribution is 0.0951. The maximum atomic E-state index is 11.9. The summed E-state index contributed by atoms with van der Waals surface area (Å²) in [6, 6.07) is 3.08. The maximum absolute atomic E-state index is 11.9. The first-order valence-corrected chi connectivity index (χ1v) is 6.70. The Kier molecular flexibility index (Phi) is 4.16. The molecule has 0 radical (unpaired) electrons. The SMILES string of the molecule is Cc1ncsc1CNC(=O)c1ccc(Cl)nc1Cl. The van der Waals surface area contributed by atoms with Gasteiger partial charge in [0, 0.05) is 4.88 Å². The molecule has 0 unspecified atom stereocenters. The Morgan fingerprint density at radius 3 is 2.83 bits per heavy atom. The van der Waals surface area contributed by atoms with Gasteiger partial charge in [-0.2, -0.15) is 0 Å². The van der Waals surface area contributed by atoms with Crippen molar-refractivity contribution in [2.45, 2.75) is 13.5 Å². The van der Waals surface area contributed by atoms with Crippen LogP contribution in [0.2, 0.25) is 10.3 Å². The summed E-state index contributed by atoms with van der Waals surface area (Å²) in [5, 5.41) is 3.12. The summed E-state index contributed by atoms with van der Waals surface area (Å²) in [6.45, 7) is 2.32. The predicted molar refractivity (Wildman–Crippen MR) is 72.3 cm³/mol. The third-order valence-electron chi connectivity index (χ3n) is 2.31. The van der Waals surface area contributed by atoms with Crippen molar-refractivity contribution < 1.29 is 4.79 Å². The van der Waals surface area contributed by atoms with Crippen molar-refractivity contribution in [1.29, 1.82) is 0 Å². The van der Waals surface area contributed by atoms with E-state index in [4.69, 9.17) is 23.2 Å². The molecule has 1 N–H and O–H groups in total. The van der Waals surface area contributed by atoms with E-state index in [1.807, 2.05) is 6.92 Å². The van der Waals surface area contributed by atoms with Crippen LogP contribution in [0.15, 0.2) is 17.6 Å². The van der Waals surface area contributed by atoms with Crippen LogP contribution >= 0.6 is 34.5 Å². The molecule has 0 spiro atoms. The quantitative estimate of drug-likeness (QED) is 0.886. The molecule has 0 aliphatic heterocycles. The lowest BCUT2D eigenvalue weighted by Crippen LogP contribution is -2.23. The molecule has 0 bridgehead atoms. The van der Waals surface area contributed by atoms with Gasteiger partial charge in [0.25, 0.3) is 5.91 Å². The third-order valence-corrected chi connectivity index (χ3v) is 3.75. The first kappa shape index (κ1) is 13.3. The monoisotopic (exact) mass is 301 g/mol. The summed E-state index contributed by atoms with van der Waals surface area (Å²) in [5.41, 5.74) is 2.97. The highest BCUT2D eigenvalue weighted by atomic mass is 35.5. The molecular formula is C11H9Cl2N3OS. The van der Waals surface area contributed by atoms with Crippen LogP contribution in [0.5, 0.6) is 0 Å². The molecule has 0 fully saturated rings. The minimum atomic E-state index is -0.281. The van der Waals surface area contributed by atoms with E-state index in [-0.39, 0.29) is 16.2 Å². The van der Waals surface area contributed by atoms with Gasteiger partial charge in [-0.15, -0.1) is 11.3 Å². The van der Waals surface area contributed by atoms with Gasteiger partial charge in [-0.25, -0.2) is 9.97 Å². The molecule has 2 aromatic rings. The summed E-state index contributed by atoms with van der Waals surface area (Å²) >= 11 is 13.0. The number of hydrogen-bond acceptors (Lipinski definition) is 4. The van der Waals surface area contributed by atoms with E-state index in [9.17, 15) is 4.79 Å². The Morgan fingerprint density at radius 2 is 2.22 bits per heavy atom.